The molecular formula is C13H20FN3O2S. The first-order valence-corrected chi connectivity index (χ1v) is 8.16. The lowest BCUT2D eigenvalue weighted by atomic mass is 10.3. The normalized spacial score (nSPS) is 10.9. The van der Waals surface area contributed by atoms with Crippen LogP contribution in [0.4, 0.5) is 4.39 Å². The van der Waals surface area contributed by atoms with Crippen molar-refractivity contribution < 1.29 is 12.8 Å². The minimum absolute atomic E-state index is 0.0754. The van der Waals surface area contributed by atoms with Crippen LogP contribution in [0.5, 0.6) is 0 Å². The van der Waals surface area contributed by atoms with Crippen molar-refractivity contribution >= 4 is 15.8 Å². The smallest absolute Gasteiger partial charge is 0.191 e. The predicted molar refractivity (Wildman–Crippen MR) is 78.1 cm³/mol. The van der Waals surface area contributed by atoms with Crippen LogP contribution in [0.1, 0.15) is 13.8 Å². The number of aliphatic imine (C=N–C) groups is 1. The van der Waals surface area contributed by atoms with E-state index in [0.717, 1.165) is 6.07 Å². The van der Waals surface area contributed by atoms with E-state index in [1.54, 1.807) is 0 Å². The average Bonchev–Trinajstić information content (AvgIpc) is 2.39. The summed E-state index contributed by atoms with van der Waals surface area (Å²) in [6.45, 7) is 5.29. The first kappa shape index (κ1) is 16.4. The number of hydrogen-bond donors (Lipinski definition) is 2. The Kier molecular flexibility index (Phi) is 6.44. The Bertz CT molecular complexity index is 550. The van der Waals surface area contributed by atoms with Crippen molar-refractivity contribution in [3.05, 3.63) is 30.1 Å². The first-order chi connectivity index (χ1) is 9.51. The molecule has 0 saturated carbocycles. The van der Waals surface area contributed by atoms with Crippen LogP contribution in [0, 0.1) is 5.82 Å². The van der Waals surface area contributed by atoms with Gasteiger partial charge in [-0.15, -0.1) is 0 Å². The molecule has 0 unspecified atom stereocenters. The van der Waals surface area contributed by atoms with Crippen LogP contribution >= 0.6 is 0 Å². The van der Waals surface area contributed by atoms with Gasteiger partial charge in [-0.1, -0.05) is 12.1 Å². The van der Waals surface area contributed by atoms with Crippen LogP contribution in [0.2, 0.25) is 0 Å². The number of nitrogens with zero attached hydrogens (tertiary/aromatic N) is 1. The van der Waals surface area contributed by atoms with Gasteiger partial charge in [0.1, 0.15) is 10.7 Å². The van der Waals surface area contributed by atoms with Crippen molar-refractivity contribution in [2.45, 2.75) is 18.7 Å². The maximum atomic E-state index is 13.5. The average molecular weight is 301 g/mol. The predicted octanol–water partition coefficient (Wildman–Crippen LogP) is 1.17. The zero-order valence-corrected chi connectivity index (χ0v) is 12.5. The molecule has 1 aromatic carbocycles. The Morgan fingerprint density at radius 3 is 2.35 bits per heavy atom. The maximum Gasteiger partial charge on any atom is 0.191 e. The quantitative estimate of drug-likeness (QED) is 0.611. The number of nitrogens with one attached hydrogen (secondary N) is 2. The Morgan fingerprint density at radius 1 is 1.20 bits per heavy atom. The lowest BCUT2D eigenvalue weighted by molar-refractivity contribution is 0.567. The number of hydrogen-bond acceptors (Lipinski definition) is 3. The molecule has 0 bridgehead atoms. The van der Waals surface area contributed by atoms with Crippen LogP contribution < -0.4 is 10.6 Å². The molecule has 0 fully saturated rings. The third-order valence-corrected chi connectivity index (χ3v) is 4.21. The summed E-state index contributed by atoms with van der Waals surface area (Å²) < 4.78 is 37.5. The van der Waals surface area contributed by atoms with E-state index in [1.807, 2.05) is 13.8 Å². The molecule has 7 heteroatoms. The van der Waals surface area contributed by atoms with Gasteiger partial charge in [0.2, 0.25) is 0 Å². The lowest BCUT2D eigenvalue weighted by Crippen LogP contribution is -2.37. The summed E-state index contributed by atoms with van der Waals surface area (Å²) >= 11 is 0. The summed E-state index contributed by atoms with van der Waals surface area (Å²) in [4.78, 5) is 3.86. The molecule has 0 amide bonds. The lowest BCUT2D eigenvalue weighted by Gasteiger charge is -2.09. The van der Waals surface area contributed by atoms with E-state index in [0.29, 0.717) is 19.0 Å². The van der Waals surface area contributed by atoms with Gasteiger partial charge in [0.15, 0.2) is 15.8 Å². The summed E-state index contributed by atoms with van der Waals surface area (Å²) in [5, 5.41) is 5.98. The Hall–Kier alpha value is -1.63. The van der Waals surface area contributed by atoms with E-state index in [-0.39, 0.29) is 17.2 Å². The third kappa shape index (κ3) is 4.80. The third-order valence-electron chi connectivity index (χ3n) is 2.49. The fourth-order valence-corrected chi connectivity index (χ4v) is 2.80. The van der Waals surface area contributed by atoms with Crippen molar-refractivity contribution in [1.29, 1.82) is 0 Å². The Labute approximate surface area is 119 Å². The second-order valence-electron chi connectivity index (χ2n) is 4.04. The molecule has 5 nitrogen and oxygen atoms in total. The second-order valence-corrected chi connectivity index (χ2v) is 6.12. The van der Waals surface area contributed by atoms with Gasteiger partial charge in [0, 0.05) is 13.1 Å². The van der Waals surface area contributed by atoms with Gasteiger partial charge in [0.05, 0.1) is 12.3 Å². The van der Waals surface area contributed by atoms with Gasteiger partial charge in [-0.05, 0) is 26.0 Å². The van der Waals surface area contributed by atoms with Crippen molar-refractivity contribution in [1.82, 2.24) is 10.6 Å². The number of guanidine groups is 1. The van der Waals surface area contributed by atoms with Crippen molar-refractivity contribution in [3.8, 4) is 0 Å². The summed E-state index contributed by atoms with van der Waals surface area (Å²) in [6.07, 6.45) is 0. The number of rotatable bonds is 6. The Morgan fingerprint density at radius 2 is 1.80 bits per heavy atom. The van der Waals surface area contributed by atoms with Crippen LogP contribution in [-0.4, -0.2) is 39.8 Å². The second kappa shape index (κ2) is 7.84. The van der Waals surface area contributed by atoms with E-state index in [9.17, 15) is 12.8 Å². The molecule has 112 valence electrons. The van der Waals surface area contributed by atoms with E-state index in [1.165, 1.54) is 18.2 Å². The number of sulfone groups is 1. The summed E-state index contributed by atoms with van der Waals surface area (Å²) in [5.41, 5.74) is 0. The van der Waals surface area contributed by atoms with E-state index in [2.05, 4.69) is 15.6 Å². The summed E-state index contributed by atoms with van der Waals surface area (Å²) in [5.74, 6) is -0.400. The molecule has 0 spiro atoms. The molecular weight excluding hydrogens is 281 g/mol. The highest BCUT2D eigenvalue weighted by Crippen LogP contribution is 2.14. The Balaban J connectivity index is 2.73. The number of benzene rings is 1. The highest BCUT2D eigenvalue weighted by molar-refractivity contribution is 7.91. The molecule has 0 aliphatic carbocycles. The minimum atomic E-state index is -3.65. The molecule has 20 heavy (non-hydrogen) atoms. The zero-order chi connectivity index (χ0) is 15.0. The molecule has 1 rings (SSSR count). The van der Waals surface area contributed by atoms with Crippen LogP contribution in [0.15, 0.2) is 34.2 Å². The molecule has 0 aromatic heterocycles. The topological polar surface area (TPSA) is 70.6 Å². The van der Waals surface area contributed by atoms with Gasteiger partial charge in [-0.25, -0.2) is 12.8 Å². The van der Waals surface area contributed by atoms with Crippen LogP contribution in [-0.2, 0) is 9.84 Å². The van der Waals surface area contributed by atoms with E-state index >= 15 is 0 Å². The zero-order valence-electron chi connectivity index (χ0n) is 11.7. The van der Waals surface area contributed by atoms with Gasteiger partial charge >= 0.3 is 0 Å². The largest absolute Gasteiger partial charge is 0.357 e. The fourth-order valence-electron chi connectivity index (χ4n) is 1.59. The van der Waals surface area contributed by atoms with Crippen molar-refractivity contribution in [2.75, 3.05) is 25.4 Å². The first-order valence-electron chi connectivity index (χ1n) is 6.50. The molecule has 0 aliphatic heterocycles. The van der Waals surface area contributed by atoms with Gasteiger partial charge in [-0.2, -0.15) is 0 Å². The van der Waals surface area contributed by atoms with E-state index < -0.39 is 15.7 Å². The molecule has 0 heterocycles. The van der Waals surface area contributed by atoms with Gasteiger partial charge in [-0.3, -0.25) is 4.99 Å². The monoisotopic (exact) mass is 301 g/mol. The summed E-state index contributed by atoms with van der Waals surface area (Å²) in [7, 11) is -3.65. The standard InChI is InChI=1S/C13H20FN3O2S/c1-3-15-13(16-4-2)17-9-10-20(18,19)12-8-6-5-7-11(12)14/h5-8H,3-4,9-10H2,1-2H3,(H2,15,16,17). The molecule has 0 aliphatic rings. The molecule has 2 N–H and O–H groups in total. The molecule has 0 atom stereocenters. The van der Waals surface area contributed by atoms with E-state index in [4.69, 9.17) is 0 Å². The highest BCUT2D eigenvalue weighted by atomic mass is 32.2. The van der Waals surface area contributed by atoms with Gasteiger partial charge < -0.3 is 10.6 Å². The van der Waals surface area contributed by atoms with Crippen LogP contribution in [0.25, 0.3) is 0 Å². The maximum absolute atomic E-state index is 13.5. The molecule has 0 radical (unpaired) electrons. The van der Waals surface area contributed by atoms with Crippen LogP contribution in [0.3, 0.4) is 0 Å². The fraction of sp³-hybridized carbons (Fsp3) is 0.462. The molecule has 1 aromatic rings. The van der Waals surface area contributed by atoms with Crippen molar-refractivity contribution in [3.63, 3.8) is 0 Å². The minimum Gasteiger partial charge on any atom is -0.357 e. The highest BCUT2D eigenvalue weighted by Gasteiger charge is 2.18. The SMILES string of the molecule is CCNC(=NCCS(=O)(=O)c1ccccc1F)NCC. The summed E-state index contributed by atoms with van der Waals surface area (Å²) in [6, 6.07) is 5.37. The molecule has 0 saturated heterocycles. The van der Waals surface area contributed by atoms with Gasteiger partial charge in [0.25, 0.3) is 0 Å². The van der Waals surface area contributed by atoms with Crippen molar-refractivity contribution in [2.24, 2.45) is 4.99 Å². The number of halogens is 1.